The molecule has 2 aromatic rings. The Morgan fingerprint density at radius 1 is 1.27 bits per heavy atom. The Labute approximate surface area is 74.4 Å². The predicted octanol–water partition coefficient (Wildman–Crippen LogP) is 3.74. The number of hydrogen-bond donors (Lipinski definition) is 0. The summed E-state index contributed by atoms with van der Waals surface area (Å²) in [6, 6.07) is 8.07. The fraction of sp³-hybridized carbons (Fsp3) is 0. The molecule has 0 saturated heterocycles. The number of fused-ring (bicyclic) bond motifs is 1. The smallest absolute Gasteiger partial charge is 0.0623 e. The van der Waals surface area contributed by atoms with Crippen molar-refractivity contribution in [1.29, 1.82) is 0 Å². The zero-order valence-electron chi connectivity index (χ0n) is 5.80. The van der Waals surface area contributed by atoms with E-state index >= 15 is 0 Å². The van der Waals surface area contributed by atoms with Crippen molar-refractivity contribution in [3.63, 3.8) is 0 Å². The van der Waals surface area contributed by atoms with Crippen LogP contribution in [-0.4, -0.2) is 0 Å². The third kappa shape index (κ3) is 1.05. The highest BCUT2D eigenvalue weighted by molar-refractivity contribution is 7.20. The highest BCUT2D eigenvalue weighted by Crippen LogP contribution is 2.33. The van der Waals surface area contributed by atoms with E-state index in [1.54, 1.807) is 11.3 Å². The summed E-state index contributed by atoms with van der Waals surface area (Å²) in [7, 11) is 0. The van der Waals surface area contributed by atoms with Crippen molar-refractivity contribution in [2.45, 2.75) is 0 Å². The molecule has 0 fully saturated rings. The zero-order chi connectivity index (χ0) is 7.84. The van der Waals surface area contributed by atoms with Crippen molar-refractivity contribution >= 4 is 33.0 Å². The van der Waals surface area contributed by atoms with Crippen molar-refractivity contribution in [3.05, 3.63) is 41.1 Å². The molecule has 0 atom stereocenters. The van der Waals surface area contributed by atoms with Gasteiger partial charge in [0.05, 0.1) is 5.02 Å². The van der Waals surface area contributed by atoms with Crippen molar-refractivity contribution in [2.75, 3.05) is 0 Å². The molecule has 0 amide bonds. The first kappa shape index (κ1) is 7.14. The molecule has 2 rings (SSSR count). The van der Waals surface area contributed by atoms with Gasteiger partial charge >= 0.3 is 0 Å². The second kappa shape index (κ2) is 2.50. The van der Waals surface area contributed by atoms with E-state index in [1.165, 1.54) is 4.70 Å². The summed E-state index contributed by atoms with van der Waals surface area (Å²) in [6.45, 7) is 3.84. The fourth-order valence-electron chi connectivity index (χ4n) is 1.06. The van der Waals surface area contributed by atoms with Gasteiger partial charge in [0.1, 0.15) is 0 Å². The average Bonchev–Trinajstić information content (AvgIpc) is 2.30. The highest BCUT2D eigenvalue weighted by atomic mass is 35.5. The minimum Gasteiger partial charge on any atom is -0.139 e. The normalized spacial score (nSPS) is 10.7. The molecule has 1 heterocycles. The first-order valence-corrected chi connectivity index (χ1v) is 4.47. The Bertz CT molecular complexity index is 389. The fourth-order valence-corrected chi connectivity index (χ4v) is 2.29. The van der Waals surface area contributed by atoms with E-state index in [0.717, 1.165) is 15.3 Å². The van der Waals surface area contributed by atoms with E-state index in [2.05, 4.69) is 13.0 Å². The van der Waals surface area contributed by atoms with Crippen LogP contribution in [0.5, 0.6) is 0 Å². The van der Waals surface area contributed by atoms with Crippen molar-refractivity contribution in [3.8, 4) is 0 Å². The quantitative estimate of drug-likeness (QED) is 0.581. The second-order valence-electron chi connectivity index (χ2n) is 2.34. The van der Waals surface area contributed by atoms with Gasteiger partial charge in [-0.1, -0.05) is 29.8 Å². The molecule has 55 valence electrons. The summed E-state index contributed by atoms with van der Waals surface area (Å²) >= 11 is 7.63. The van der Waals surface area contributed by atoms with Crippen molar-refractivity contribution in [1.82, 2.24) is 0 Å². The lowest BCUT2D eigenvalue weighted by atomic mass is 10.2. The van der Waals surface area contributed by atoms with Crippen LogP contribution in [0.2, 0.25) is 5.02 Å². The summed E-state index contributed by atoms with van der Waals surface area (Å²) in [5.74, 6) is 0. The van der Waals surface area contributed by atoms with Crippen molar-refractivity contribution < 1.29 is 0 Å². The van der Waals surface area contributed by atoms with Gasteiger partial charge in [0.2, 0.25) is 0 Å². The lowest BCUT2D eigenvalue weighted by Gasteiger charge is -1.86. The molecule has 0 N–H and O–H groups in total. The third-order valence-corrected chi connectivity index (χ3v) is 3.17. The first-order valence-electron chi connectivity index (χ1n) is 3.28. The standard InChI is InChI=1S/C9H6ClS/c1-6-9(10)7-4-2-3-5-8(7)11-6/h2-5H,1H2. The molecule has 1 aromatic carbocycles. The van der Waals surface area contributed by atoms with Crippen LogP contribution < -0.4 is 0 Å². The van der Waals surface area contributed by atoms with E-state index in [9.17, 15) is 0 Å². The Kier molecular flexibility index (Phi) is 1.63. The zero-order valence-corrected chi connectivity index (χ0v) is 7.38. The molecule has 0 nitrogen and oxygen atoms in total. The highest BCUT2D eigenvalue weighted by Gasteiger charge is 2.03. The van der Waals surface area contributed by atoms with Gasteiger partial charge in [-0.3, -0.25) is 0 Å². The second-order valence-corrected chi connectivity index (χ2v) is 3.85. The summed E-state index contributed by atoms with van der Waals surface area (Å²) in [5, 5.41) is 1.91. The third-order valence-electron chi connectivity index (χ3n) is 1.60. The molecule has 0 spiro atoms. The number of halogens is 1. The van der Waals surface area contributed by atoms with Gasteiger partial charge < -0.3 is 0 Å². The van der Waals surface area contributed by atoms with Crippen molar-refractivity contribution in [2.24, 2.45) is 0 Å². The largest absolute Gasteiger partial charge is 0.139 e. The number of benzene rings is 1. The molecule has 11 heavy (non-hydrogen) atoms. The maximum absolute atomic E-state index is 5.99. The van der Waals surface area contributed by atoms with Gasteiger partial charge in [0.25, 0.3) is 0 Å². The van der Waals surface area contributed by atoms with E-state index in [-0.39, 0.29) is 0 Å². The number of rotatable bonds is 0. The van der Waals surface area contributed by atoms with Gasteiger partial charge in [0, 0.05) is 15.0 Å². The van der Waals surface area contributed by atoms with Crippen LogP contribution in [-0.2, 0) is 0 Å². The summed E-state index contributed by atoms with van der Waals surface area (Å²) in [5.41, 5.74) is 0. The first-order chi connectivity index (χ1) is 5.29. The Morgan fingerprint density at radius 2 is 2.00 bits per heavy atom. The Hall–Kier alpha value is -0.530. The molecule has 2 heteroatoms. The van der Waals surface area contributed by atoms with Gasteiger partial charge in [-0.25, -0.2) is 0 Å². The SMILES string of the molecule is [CH2]c1sc2ccccc2c1Cl. The molecule has 0 aliphatic heterocycles. The van der Waals surface area contributed by atoms with Crippen LogP contribution in [0.4, 0.5) is 0 Å². The maximum atomic E-state index is 5.99. The summed E-state index contributed by atoms with van der Waals surface area (Å²) < 4.78 is 1.21. The molecular formula is C9H6ClS. The average molecular weight is 182 g/mol. The van der Waals surface area contributed by atoms with Gasteiger partial charge in [-0.2, -0.15) is 0 Å². The minimum absolute atomic E-state index is 0.797. The Balaban J connectivity index is 2.92. The molecule has 0 saturated carbocycles. The predicted molar refractivity (Wildman–Crippen MR) is 51.3 cm³/mol. The van der Waals surface area contributed by atoms with Crippen LogP contribution in [0.15, 0.2) is 24.3 Å². The molecule has 0 bridgehead atoms. The van der Waals surface area contributed by atoms with Gasteiger partial charge in [-0.05, 0) is 13.0 Å². The lowest BCUT2D eigenvalue weighted by molar-refractivity contribution is 1.84. The molecule has 0 aliphatic carbocycles. The van der Waals surface area contributed by atoms with Crippen LogP contribution in [0.1, 0.15) is 4.88 Å². The molecule has 0 aliphatic rings. The van der Waals surface area contributed by atoms with Gasteiger partial charge in [0.15, 0.2) is 0 Å². The van der Waals surface area contributed by atoms with Crippen LogP contribution >= 0.6 is 22.9 Å². The monoisotopic (exact) mass is 181 g/mol. The Morgan fingerprint density at radius 3 is 2.73 bits per heavy atom. The summed E-state index contributed by atoms with van der Waals surface area (Å²) in [6.07, 6.45) is 0. The number of hydrogen-bond acceptors (Lipinski definition) is 1. The molecule has 0 unspecified atom stereocenters. The van der Waals surface area contributed by atoms with E-state index < -0.39 is 0 Å². The molecule has 1 radical (unpaired) electrons. The van der Waals surface area contributed by atoms with Crippen LogP contribution in [0.3, 0.4) is 0 Å². The minimum atomic E-state index is 0.797. The van der Waals surface area contributed by atoms with Gasteiger partial charge in [-0.15, -0.1) is 11.3 Å². The molecule has 1 aromatic heterocycles. The van der Waals surface area contributed by atoms with Crippen LogP contribution in [0.25, 0.3) is 10.1 Å². The van der Waals surface area contributed by atoms with E-state index in [0.29, 0.717) is 0 Å². The van der Waals surface area contributed by atoms with Crippen LogP contribution in [0, 0.1) is 6.92 Å². The van der Waals surface area contributed by atoms with E-state index in [1.807, 2.05) is 18.2 Å². The molecular weight excluding hydrogens is 176 g/mol. The lowest BCUT2D eigenvalue weighted by Crippen LogP contribution is -1.61. The number of thiophene rings is 1. The van der Waals surface area contributed by atoms with E-state index in [4.69, 9.17) is 11.6 Å². The summed E-state index contributed by atoms with van der Waals surface area (Å²) in [4.78, 5) is 0.952. The topological polar surface area (TPSA) is 0 Å². The maximum Gasteiger partial charge on any atom is 0.0623 e.